The summed E-state index contributed by atoms with van der Waals surface area (Å²) < 4.78 is 37.7. The molecular weight excluding hydrogens is 285 g/mol. The van der Waals surface area contributed by atoms with Gasteiger partial charge in [-0.1, -0.05) is 30.3 Å². The van der Waals surface area contributed by atoms with Crippen molar-refractivity contribution in [2.24, 2.45) is 0 Å². The van der Waals surface area contributed by atoms with Crippen LogP contribution in [0.2, 0.25) is 0 Å². The maximum atomic E-state index is 12.6. The Bertz CT molecular complexity index is 594. The van der Waals surface area contributed by atoms with Gasteiger partial charge in [-0.2, -0.15) is 13.2 Å². The van der Waals surface area contributed by atoms with Crippen molar-refractivity contribution in [3.05, 3.63) is 65.7 Å². The fourth-order valence-electron chi connectivity index (χ4n) is 1.62. The second-order valence-corrected chi connectivity index (χ2v) is 5.15. The molecule has 0 spiro atoms. The van der Waals surface area contributed by atoms with E-state index in [1.165, 1.54) is 23.9 Å². The lowest BCUT2D eigenvalue weighted by molar-refractivity contribution is -0.137. The molecule has 0 saturated carbocycles. The fraction of sp³-hybridized carbons (Fsp3) is 0.133. The van der Waals surface area contributed by atoms with Crippen LogP contribution in [0, 0.1) is 0 Å². The monoisotopic (exact) mass is 296 g/mol. The van der Waals surface area contributed by atoms with Crippen molar-refractivity contribution in [3.8, 4) is 0 Å². The number of hydrogen-bond donors (Lipinski definition) is 0. The molecule has 0 unspecified atom stereocenters. The van der Waals surface area contributed by atoms with Gasteiger partial charge in [0.05, 0.1) is 11.3 Å². The number of ketones is 1. The van der Waals surface area contributed by atoms with E-state index < -0.39 is 11.7 Å². The number of benzene rings is 2. The van der Waals surface area contributed by atoms with Crippen molar-refractivity contribution < 1.29 is 18.0 Å². The van der Waals surface area contributed by atoms with Crippen LogP contribution in [0.4, 0.5) is 13.2 Å². The van der Waals surface area contributed by atoms with E-state index in [2.05, 4.69) is 0 Å². The molecule has 0 bridgehead atoms. The maximum absolute atomic E-state index is 12.6. The van der Waals surface area contributed by atoms with E-state index in [0.29, 0.717) is 0 Å². The van der Waals surface area contributed by atoms with Crippen LogP contribution in [-0.4, -0.2) is 11.5 Å². The SMILES string of the molecule is O=C(CSc1ccccc1)c1cccc(C(F)(F)F)c1. The molecule has 0 aliphatic heterocycles. The molecule has 0 amide bonds. The highest BCUT2D eigenvalue weighted by Gasteiger charge is 2.30. The van der Waals surface area contributed by atoms with Crippen LogP contribution in [0.5, 0.6) is 0 Å². The first-order valence-corrected chi connectivity index (χ1v) is 6.84. The van der Waals surface area contributed by atoms with Crippen molar-refractivity contribution in [3.63, 3.8) is 0 Å². The molecule has 2 aromatic carbocycles. The van der Waals surface area contributed by atoms with Gasteiger partial charge in [-0.05, 0) is 24.3 Å². The Morgan fingerprint density at radius 3 is 2.35 bits per heavy atom. The number of carbonyl (C=O) groups excluding carboxylic acids is 1. The molecular formula is C15H11F3OS. The first-order valence-electron chi connectivity index (χ1n) is 5.85. The van der Waals surface area contributed by atoms with Crippen molar-refractivity contribution >= 4 is 17.5 Å². The number of Topliss-reactive ketones (excluding diaryl/α,β-unsaturated/α-hetero) is 1. The smallest absolute Gasteiger partial charge is 0.293 e. The van der Waals surface area contributed by atoms with Gasteiger partial charge in [-0.3, -0.25) is 4.79 Å². The third kappa shape index (κ3) is 3.87. The predicted octanol–water partition coefficient (Wildman–Crippen LogP) is 4.68. The van der Waals surface area contributed by atoms with Crippen LogP contribution in [0.3, 0.4) is 0 Å². The molecule has 2 aromatic rings. The summed E-state index contributed by atoms with van der Waals surface area (Å²) in [7, 11) is 0. The molecule has 20 heavy (non-hydrogen) atoms. The number of alkyl halides is 3. The van der Waals surface area contributed by atoms with Gasteiger partial charge in [0.25, 0.3) is 0 Å². The molecule has 0 aliphatic carbocycles. The summed E-state index contributed by atoms with van der Waals surface area (Å²) in [6, 6.07) is 13.8. The minimum atomic E-state index is -4.43. The Balaban J connectivity index is 2.06. The Labute approximate surface area is 118 Å². The molecule has 0 aliphatic rings. The lowest BCUT2D eigenvalue weighted by Gasteiger charge is -2.08. The fourth-order valence-corrected chi connectivity index (χ4v) is 2.43. The van der Waals surface area contributed by atoms with Gasteiger partial charge in [0.1, 0.15) is 0 Å². The van der Waals surface area contributed by atoms with Gasteiger partial charge in [0.2, 0.25) is 0 Å². The van der Waals surface area contributed by atoms with E-state index in [0.717, 1.165) is 17.0 Å². The van der Waals surface area contributed by atoms with Crippen LogP contribution in [0.15, 0.2) is 59.5 Å². The van der Waals surface area contributed by atoms with Crippen molar-refractivity contribution in [2.45, 2.75) is 11.1 Å². The van der Waals surface area contributed by atoms with Gasteiger partial charge in [-0.15, -0.1) is 11.8 Å². The Morgan fingerprint density at radius 2 is 1.70 bits per heavy atom. The zero-order valence-corrected chi connectivity index (χ0v) is 11.2. The topological polar surface area (TPSA) is 17.1 Å². The third-order valence-electron chi connectivity index (χ3n) is 2.63. The van der Waals surface area contributed by atoms with Crippen molar-refractivity contribution in [2.75, 3.05) is 5.75 Å². The highest BCUT2D eigenvalue weighted by molar-refractivity contribution is 8.00. The zero-order chi connectivity index (χ0) is 14.6. The summed E-state index contributed by atoms with van der Waals surface area (Å²) in [5.74, 6) is -0.198. The number of rotatable bonds is 4. The highest BCUT2D eigenvalue weighted by Crippen LogP contribution is 2.30. The summed E-state index contributed by atoms with van der Waals surface area (Å²) in [5.41, 5.74) is -0.712. The van der Waals surface area contributed by atoms with Gasteiger partial charge < -0.3 is 0 Å². The molecule has 0 aromatic heterocycles. The molecule has 104 valence electrons. The molecule has 0 N–H and O–H groups in total. The van der Waals surface area contributed by atoms with Crippen LogP contribution in [0.25, 0.3) is 0 Å². The predicted molar refractivity (Wildman–Crippen MR) is 72.9 cm³/mol. The molecule has 0 heterocycles. The molecule has 0 atom stereocenters. The van der Waals surface area contributed by atoms with Crippen molar-refractivity contribution in [1.29, 1.82) is 0 Å². The minimum Gasteiger partial charge on any atom is -0.293 e. The lowest BCUT2D eigenvalue weighted by Crippen LogP contribution is -2.08. The van der Waals surface area contributed by atoms with Crippen molar-refractivity contribution in [1.82, 2.24) is 0 Å². The Hall–Kier alpha value is -1.75. The van der Waals surface area contributed by atoms with E-state index in [1.54, 1.807) is 0 Å². The number of halogens is 3. The maximum Gasteiger partial charge on any atom is 0.416 e. The lowest BCUT2D eigenvalue weighted by atomic mass is 10.1. The normalized spacial score (nSPS) is 11.3. The first kappa shape index (κ1) is 14.7. The molecule has 2 rings (SSSR count). The molecule has 1 nitrogen and oxygen atoms in total. The third-order valence-corrected chi connectivity index (χ3v) is 3.64. The standard InChI is InChI=1S/C15H11F3OS/c16-15(17,18)12-6-4-5-11(9-12)14(19)10-20-13-7-2-1-3-8-13/h1-9H,10H2. The second-order valence-electron chi connectivity index (χ2n) is 4.10. The zero-order valence-electron chi connectivity index (χ0n) is 10.4. The summed E-state index contributed by atoms with van der Waals surface area (Å²) in [4.78, 5) is 12.8. The molecule has 0 radical (unpaired) electrons. The molecule has 0 fully saturated rings. The highest BCUT2D eigenvalue weighted by atomic mass is 32.2. The Morgan fingerprint density at radius 1 is 1.00 bits per heavy atom. The first-order chi connectivity index (χ1) is 9.47. The summed E-state index contributed by atoms with van der Waals surface area (Å²) in [6.45, 7) is 0. The van der Waals surface area contributed by atoms with Gasteiger partial charge in [0.15, 0.2) is 5.78 Å². The van der Waals surface area contributed by atoms with Gasteiger partial charge >= 0.3 is 6.18 Å². The number of carbonyl (C=O) groups is 1. The van der Waals surface area contributed by atoms with E-state index in [-0.39, 0.29) is 17.1 Å². The number of hydrogen-bond acceptors (Lipinski definition) is 2. The summed E-state index contributed by atoms with van der Waals surface area (Å²) in [5, 5.41) is 0. The quantitative estimate of drug-likeness (QED) is 0.602. The van der Waals surface area contributed by atoms with Crippen LogP contribution in [0.1, 0.15) is 15.9 Å². The Kier molecular flexibility index (Phi) is 4.49. The summed E-state index contributed by atoms with van der Waals surface area (Å²) in [6.07, 6.45) is -4.43. The van der Waals surface area contributed by atoms with Crippen LogP contribution in [-0.2, 0) is 6.18 Å². The van der Waals surface area contributed by atoms with Crippen LogP contribution < -0.4 is 0 Å². The average molecular weight is 296 g/mol. The number of thioether (sulfide) groups is 1. The van der Waals surface area contributed by atoms with E-state index >= 15 is 0 Å². The van der Waals surface area contributed by atoms with E-state index in [4.69, 9.17) is 0 Å². The summed E-state index contributed by atoms with van der Waals surface area (Å²) >= 11 is 1.31. The van der Waals surface area contributed by atoms with Crippen LogP contribution >= 0.6 is 11.8 Å². The largest absolute Gasteiger partial charge is 0.416 e. The van der Waals surface area contributed by atoms with Gasteiger partial charge in [0, 0.05) is 10.5 Å². The average Bonchev–Trinajstić information content (AvgIpc) is 2.45. The van der Waals surface area contributed by atoms with Gasteiger partial charge in [-0.25, -0.2) is 0 Å². The molecule has 0 saturated heterocycles. The second kappa shape index (κ2) is 6.13. The van der Waals surface area contributed by atoms with E-state index in [1.807, 2.05) is 30.3 Å². The molecule has 5 heteroatoms. The minimum absolute atomic E-state index is 0.0863. The van der Waals surface area contributed by atoms with E-state index in [9.17, 15) is 18.0 Å².